The molecule has 2 bridgehead atoms. The van der Waals surface area contributed by atoms with Crippen LogP contribution >= 0.6 is 0 Å². The van der Waals surface area contributed by atoms with Crippen LogP contribution in [0.3, 0.4) is 0 Å². The molecule has 3 fully saturated rings. The number of carbonyl (C=O) groups is 2. The zero-order chi connectivity index (χ0) is 25.4. The Morgan fingerprint density at radius 1 is 1.11 bits per heavy atom. The molecule has 2 N–H and O–H groups in total. The number of benzene rings is 2. The molecule has 0 aliphatic carbocycles. The summed E-state index contributed by atoms with van der Waals surface area (Å²) in [5, 5.41) is 9.63. The van der Waals surface area contributed by atoms with E-state index in [9.17, 15) is 9.59 Å². The van der Waals surface area contributed by atoms with Gasteiger partial charge in [0.05, 0.1) is 5.69 Å². The van der Waals surface area contributed by atoms with Crippen LogP contribution in [0.2, 0.25) is 0 Å². The van der Waals surface area contributed by atoms with E-state index < -0.39 is 11.9 Å². The minimum absolute atomic E-state index is 0.00259. The number of hydrogen-bond acceptors (Lipinski definition) is 7. The number of aromatic nitrogens is 3. The lowest BCUT2D eigenvalue weighted by atomic mass is 10.0. The number of piperidine rings is 1. The summed E-state index contributed by atoms with van der Waals surface area (Å²) in [6.07, 6.45) is 2.85. The number of amides is 2. The first kappa shape index (κ1) is 23.5. The van der Waals surface area contributed by atoms with E-state index in [0.717, 1.165) is 50.3 Å². The highest BCUT2D eigenvalue weighted by molar-refractivity contribution is 6.02. The van der Waals surface area contributed by atoms with Crippen LogP contribution in [0.5, 0.6) is 5.75 Å². The van der Waals surface area contributed by atoms with Gasteiger partial charge < -0.3 is 24.8 Å². The molecule has 1 aromatic heterocycles. The number of rotatable bonds is 5. The fourth-order valence-electron chi connectivity index (χ4n) is 5.48. The Bertz CT molecular complexity index is 1290. The van der Waals surface area contributed by atoms with Gasteiger partial charge in [-0.15, -0.1) is 5.10 Å². The molecule has 5 heterocycles. The number of anilines is 2. The lowest BCUT2D eigenvalue weighted by Crippen LogP contribution is -2.49. The molecule has 1 atom stereocenters. The van der Waals surface area contributed by atoms with Gasteiger partial charge in [0.15, 0.2) is 0 Å². The SMILES string of the molecule is CN1C(=O)C(NC(=O)c2n[nH]c(Cc3ccccc3)n2)COc2ccc(N3CCN4CCC3CC4)cc21. The molecule has 7 rings (SSSR count). The predicted octanol–water partition coefficient (Wildman–Crippen LogP) is 1.83. The number of nitrogens with one attached hydrogen (secondary N) is 2. The monoisotopic (exact) mass is 501 g/mol. The van der Waals surface area contributed by atoms with Crippen LogP contribution in [0.15, 0.2) is 48.5 Å². The third kappa shape index (κ3) is 4.76. The number of fused-ring (bicyclic) bond motifs is 5. The van der Waals surface area contributed by atoms with Crippen molar-refractivity contribution in [2.24, 2.45) is 0 Å². The van der Waals surface area contributed by atoms with Crippen LogP contribution in [-0.4, -0.2) is 83.8 Å². The highest BCUT2D eigenvalue weighted by atomic mass is 16.5. The third-order valence-electron chi connectivity index (χ3n) is 7.58. The van der Waals surface area contributed by atoms with E-state index in [4.69, 9.17) is 4.74 Å². The van der Waals surface area contributed by atoms with E-state index in [1.165, 1.54) is 0 Å². The van der Waals surface area contributed by atoms with Gasteiger partial charge in [-0.1, -0.05) is 30.3 Å². The molecule has 3 saturated heterocycles. The Hall–Kier alpha value is -3.92. The summed E-state index contributed by atoms with van der Waals surface area (Å²) in [7, 11) is 1.73. The van der Waals surface area contributed by atoms with E-state index >= 15 is 0 Å². The Balaban J connectivity index is 1.15. The molecule has 4 aliphatic rings. The molecule has 2 aromatic carbocycles. The molecule has 1 unspecified atom stereocenters. The maximum absolute atomic E-state index is 13.4. The number of hydrogen-bond donors (Lipinski definition) is 2. The highest BCUT2D eigenvalue weighted by Gasteiger charge is 2.33. The molecule has 2 amide bonds. The fraction of sp³-hybridized carbons (Fsp3) is 0.407. The molecule has 0 spiro atoms. The van der Waals surface area contributed by atoms with Crippen molar-refractivity contribution in [2.45, 2.75) is 31.3 Å². The van der Waals surface area contributed by atoms with Crippen LogP contribution in [-0.2, 0) is 11.2 Å². The van der Waals surface area contributed by atoms with E-state index in [1.54, 1.807) is 11.9 Å². The van der Waals surface area contributed by atoms with Gasteiger partial charge in [-0.2, -0.15) is 0 Å². The summed E-state index contributed by atoms with van der Waals surface area (Å²) < 4.78 is 6.00. The third-order valence-corrected chi connectivity index (χ3v) is 7.58. The van der Waals surface area contributed by atoms with E-state index in [1.807, 2.05) is 42.5 Å². The van der Waals surface area contributed by atoms with Crippen molar-refractivity contribution < 1.29 is 14.3 Å². The van der Waals surface area contributed by atoms with Crippen molar-refractivity contribution in [3.63, 3.8) is 0 Å². The van der Waals surface area contributed by atoms with E-state index in [-0.39, 0.29) is 18.3 Å². The first-order chi connectivity index (χ1) is 18.0. The predicted molar refractivity (Wildman–Crippen MR) is 139 cm³/mol. The number of likely N-dealkylation sites (N-methyl/N-ethyl adjacent to an activating group) is 1. The average Bonchev–Trinajstić information content (AvgIpc) is 3.12. The molecule has 37 heavy (non-hydrogen) atoms. The second-order valence-corrected chi connectivity index (χ2v) is 9.92. The summed E-state index contributed by atoms with van der Waals surface area (Å²) in [6.45, 7) is 4.36. The molecule has 0 radical (unpaired) electrons. The molecular weight excluding hydrogens is 470 g/mol. The Morgan fingerprint density at radius 2 is 1.92 bits per heavy atom. The molecule has 0 saturated carbocycles. The summed E-state index contributed by atoms with van der Waals surface area (Å²) in [4.78, 5) is 37.1. The lowest BCUT2D eigenvalue weighted by molar-refractivity contribution is -0.120. The molecule has 10 heteroatoms. The Kier molecular flexibility index (Phi) is 6.25. The van der Waals surface area contributed by atoms with Crippen molar-refractivity contribution in [1.29, 1.82) is 0 Å². The maximum atomic E-state index is 13.4. The maximum Gasteiger partial charge on any atom is 0.291 e. The second-order valence-electron chi connectivity index (χ2n) is 9.92. The van der Waals surface area contributed by atoms with Gasteiger partial charge in [0, 0.05) is 51.4 Å². The van der Waals surface area contributed by atoms with E-state index in [2.05, 4.69) is 36.4 Å². The van der Waals surface area contributed by atoms with Crippen LogP contribution in [0, 0.1) is 0 Å². The molecular formula is C27H31N7O3. The van der Waals surface area contributed by atoms with E-state index in [0.29, 0.717) is 29.7 Å². The van der Waals surface area contributed by atoms with Crippen LogP contribution in [0.4, 0.5) is 11.4 Å². The topological polar surface area (TPSA) is 107 Å². The van der Waals surface area contributed by atoms with Gasteiger partial charge in [-0.05, 0) is 36.6 Å². The summed E-state index contributed by atoms with van der Waals surface area (Å²) >= 11 is 0. The van der Waals surface area contributed by atoms with Crippen LogP contribution < -0.4 is 19.9 Å². The smallest absolute Gasteiger partial charge is 0.291 e. The summed E-state index contributed by atoms with van der Waals surface area (Å²) in [5.41, 5.74) is 2.87. The Morgan fingerprint density at radius 3 is 2.73 bits per heavy atom. The van der Waals surface area contributed by atoms with Gasteiger partial charge in [0.2, 0.25) is 5.82 Å². The van der Waals surface area contributed by atoms with Crippen molar-refractivity contribution in [3.8, 4) is 5.75 Å². The second kappa shape index (κ2) is 9.85. The number of nitrogens with zero attached hydrogens (tertiary/aromatic N) is 5. The van der Waals surface area contributed by atoms with Crippen molar-refractivity contribution in [1.82, 2.24) is 25.4 Å². The first-order valence-electron chi connectivity index (χ1n) is 12.8. The van der Waals surface area contributed by atoms with Crippen LogP contribution in [0.1, 0.15) is 34.8 Å². The van der Waals surface area contributed by atoms with Gasteiger partial charge in [-0.3, -0.25) is 14.7 Å². The standard InChI is InChI=1S/C27H31N7O3/c1-32-22-16-20(34-14-13-33-11-9-19(34)10-12-33)7-8-23(22)37-17-21(27(32)36)28-26(35)25-29-24(30-31-25)15-18-5-3-2-4-6-18/h2-8,16,19,21H,9-15,17H2,1H3,(H,28,35)(H,29,30,31). The average molecular weight is 502 g/mol. The zero-order valence-corrected chi connectivity index (χ0v) is 20.9. The normalized spacial score (nSPS) is 23.2. The van der Waals surface area contributed by atoms with Crippen molar-refractivity contribution >= 4 is 23.2 Å². The molecule has 192 valence electrons. The number of aromatic amines is 1. The minimum Gasteiger partial charge on any atom is -0.489 e. The number of H-pyrrole nitrogens is 1. The van der Waals surface area contributed by atoms with Gasteiger partial charge in [0.1, 0.15) is 24.2 Å². The highest BCUT2D eigenvalue weighted by Crippen LogP contribution is 2.36. The largest absolute Gasteiger partial charge is 0.489 e. The van der Waals surface area contributed by atoms with Crippen molar-refractivity contribution in [2.75, 3.05) is 49.6 Å². The summed E-state index contributed by atoms with van der Waals surface area (Å²) in [6, 6.07) is 15.5. The van der Waals surface area contributed by atoms with Crippen molar-refractivity contribution in [3.05, 3.63) is 65.7 Å². The van der Waals surface area contributed by atoms with Crippen LogP contribution in [0.25, 0.3) is 0 Å². The molecule has 10 nitrogen and oxygen atoms in total. The summed E-state index contributed by atoms with van der Waals surface area (Å²) in [5.74, 6) is 0.440. The fourth-order valence-corrected chi connectivity index (χ4v) is 5.48. The zero-order valence-electron chi connectivity index (χ0n) is 20.9. The molecule has 4 aliphatic heterocycles. The van der Waals surface area contributed by atoms with Gasteiger partial charge in [-0.25, -0.2) is 4.98 Å². The quantitative estimate of drug-likeness (QED) is 0.549. The minimum atomic E-state index is -0.856. The number of carbonyl (C=O) groups excluding carboxylic acids is 2. The number of ether oxygens (including phenoxy) is 1. The van der Waals surface area contributed by atoms with Gasteiger partial charge >= 0.3 is 0 Å². The lowest BCUT2D eigenvalue weighted by Gasteiger charge is -2.33. The first-order valence-corrected chi connectivity index (χ1v) is 12.8. The molecule has 3 aromatic rings. The Labute approximate surface area is 215 Å². The van der Waals surface area contributed by atoms with Gasteiger partial charge in [0.25, 0.3) is 11.8 Å².